The zero-order valence-electron chi connectivity index (χ0n) is 19.4. The molecule has 0 radical (unpaired) electrons. The minimum Gasteiger partial charge on any atom is -0.494 e. The monoisotopic (exact) mass is 470 g/mol. The van der Waals surface area contributed by atoms with E-state index in [1.54, 1.807) is 48.5 Å². The van der Waals surface area contributed by atoms with Gasteiger partial charge in [-0.1, -0.05) is 0 Å². The second-order valence-electron chi connectivity index (χ2n) is 8.46. The molecule has 8 nitrogen and oxygen atoms in total. The average molecular weight is 470 g/mol. The zero-order chi connectivity index (χ0) is 24.9. The highest BCUT2D eigenvalue weighted by atomic mass is 16.6. The number of carbonyl (C=O) groups excluding carboxylic acids is 1. The summed E-state index contributed by atoms with van der Waals surface area (Å²) in [7, 11) is 0. The van der Waals surface area contributed by atoms with Gasteiger partial charge in [-0.2, -0.15) is 0 Å². The largest absolute Gasteiger partial charge is 0.494 e. The number of hydrogen-bond acceptors (Lipinski definition) is 6. The topological polar surface area (TPSA) is 103 Å². The molecule has 1 aromatic heterocycles. The van der Waals surface area contributed by atoms with E-state index in [9.17, 15) is 19.7 Å². The van der Waals surface area contributed by atoms with Crippen molar-refractivity contribution in [3.05, 3.63) is 109 Å². The van der Waals surface area contributed by atoms with Crippen molar-refractivity contribution in [1.82, 2.24) is 0 Å². The van der Waals surface area contributed by atoms with Crippen LogP contribution in [0.15, 0.2) is 69.9 Å². The van der Waals surface area contributed by atoms with Gasteiger partial charge in [-0.05, 0) is 86.0 Å². The first-order chi connectivity index (χ1) is 16.8. The van der Waals surface area contributed by atoms with Crippen LogP contribution in [0, 0.1) is 24.0 Å². The van der Waals surface area contributed by atoms with E-state index in [0.717, 1.165) is 11.1 Å². The van der Waals surface area contributed by atoms with Gasteiger partial charge in [0.05, 0.1) is 28.5 Å². The molecule has 4 aromatic rings. The third-order valence-corrected chi connectivity index (χ3v) is 6.33. The van der Waals surface area contributed by atoms with Crippen molar-refractivity contribution >= 4 is 28.3 Å². The second-order valence-corrected chi connectivity index (χ2v) is 8.46. The van der Waals surface area contributed by atoms with Crippen LogP contribution in [0.4, 0.5) is 11.4 Å². The first-order valence-corrected chi connectivity index (χ1v) is 11.2. The third-order valence-electron chi connectivity index (χ3n) is 6.33. The van der Waals surface area contributed by atoms with Crippen molar-refractivity contribution in [2.75, 3.05) is 11.5 Å². The van der Waals surface area contributed by atoms with Gasteiger partial charge in [0.1, 0.15) is 11.3 Å². The summed E-state index contributed by atoms with van der Waals surface area (Å²) in [6.07, 6.45) is 0. The molecule has 35 heavy (non-hydrogen) atoms. The molecule has 1 aliphatic rings. The number of aryl methyl sites for hydroxylation is 2. The van der Waals surface area contributed by atoms with Gasteiger partial charge in [0.2, 0.25) is 5.76 Å². The van der Waals surface area contributed by atoms with Gasteiger partial charge in [0, 0.05) is 17.8 Å². The van der Waals surface area contributed by atoms with Crippen molar-refractivity contribution < 1.29 is 18.9 Å². The van der Waals surface area contributed by atoms with E-state index < -0.39 is 16.9 Å². The number of anilines is 1. The van der Waals surface area contributed by atoms with E-state index in [1.807, 2.05) is 20.8 Å². The Bertz CT molecular complexity index is 1540. The SMILES string of the molecule is CCOc1ccc(N2C(=O)c3oc4cc(C)c(C)cc4c(=O)c3C2c2ccc([N+](=O)[O-])cc2)cc1. The molecule has 1 atom stereocenters. The number of nitro groups is 1. The molecule has 3 aromatic carbocycles. The predicted molar refractivity (Wildman–Crippen MR) is 131 cm³/mol. The molecule has 176 valence electrons. The fourth-order valence-corrected chi connectivity index (χ4v) is 4.46. The van der Waals surface area contributed by atoms with E-state index in [4.69, 9.17) is 9.15 Å². The van der Waals surface area contributed by atoms with Gasteiger partial charge >= 0.3 is 0 Å². The standard InChI is InChI=1S/C27H22N2O6/c1-4-34-20-11-9-18(10-12-20)28-24(17-5-7-19(8-6-17)29(32)33)23-25(30)21-13-15(2)16(3)14-22(21)35-26(23)27(28)31/h5-14,24H,4H2,1-3H3. The van der Waals surface area contributed by atoms with Crippen LogP contribution in [0.1, 0.15) is 45.8 Å². The molecule has 0 aliphatic carbocycles. The Morgan fingerprint density at radius 1 is 1.00 bits per heavy atom. The lowest BCUT2D eigenvalue weighted by molar-refractivity contribution is -0.384. The summed E-state index contributed by atoms with van der Waals surface area (Å²) in [5.74, 6) is 0.172. The molecular weight excluding hydrogens is 448 g/mol. The number of carbonyl (C=O) groups is 1. The number of nitrogens with zero attached hydrogens (tertiary/aromatic N) is 2. The zero-order valence-corrected chi connectivity index (χ0v) is 19.4. The van der Waals surface area contributed by atoms with Crippen LogP contribution in [0.5, 0.6) is 5.75 Å². The number of benzene rings is 3. The molecule has 1 amide bonds. The highest BCUT2D eigenvalue weighted by Gasteiger charge is 2.43. The summed E-state index contributed by atoms with van der Waals surface area (Å²) in [5.41, 5.74) is 3.17. The maximum Gasteiger partial charge on any atom is 0.295 e. The van der Waals surface area contributed by atoms with E-state index >= 15 is 0 Å². The lowest BCUT2D eigenvalue weighted by Gasteiger charge is -2.25. The molecule has 2 heterocycles. The second kappa shape index (κ2) is 8.39. The number of rotatable bonds is 5. The number of ether oxygens (including phenoxy) is 1. The Morgan fingerprint density at radius 2 is 1.66 bits per heavy atom. The van der Waals surface area contributed by atoms with Crippen molar-refractivity contribution in [1.29, 1.82) is 0 Å². The first-order valence-electron chi connectivity index (χ1n) is 11.2. The van der Waals surface area contributed by atoms with Crippen molar-refractivity contribution in [3.8, 4) is 5.75 Å². The minimum absolute atomic E-state index is 0.0250. The molecule has 8 heteroatoms. The van der Waals surface area contributed by atoms with Gasteiger partial charge in [0.15, 0.2) is 5.43 Å². The Morgan fingerprint density at radius 3 is 2.29 bits per heavy atom. The highest BCUT2D eigenvalue weighted by molar-refractivity contribution is 6.10. The van der Waals surface area contributed by atoms with Crippen LogP contribution in [0.3, 0.4) is 0 Å². The lowest BCUT2D eigenvalue weighted by Crippen LogP contribution is -2.29. The molecule has 0 fully saturated rings. The van der Waals surface area contributed by atoms with Crippen LogP contribution >= 0.6 is 0 Å². The smallest absolute Gasteiger partial charge is 0.295 e. The molecule has 0 bridgehead atoms. The predicted octanol–water partition coefficient (Wildman–Crippen LogP) is 5.47. The van der Waals surface area contributed by atoms with Crippen LogP contribution < -0.4 is 15.1 Å². The summed E-state index contributed by atoms with van der Waals surface area (Å²) >= 11 is 0. The first kappa shape index (κ1) is 22.3. The third kappa shape index (κ3) is 3.63. The van der Waals surface area contributed by atoms with E-state index in [1.165, 1.54) is 17.0 Å². The van der Waals surface area contributed by atoms with Crippen LogP contribution in [-0.2, 0) is 0 Å². The van der Waals surface area contributed by atoms with Crippen molar-refractivity contribution in [2.24, 2.45) is 0 Å². The summed E-state index contributed by atoms with van der Waals surface area (Å²) in [4.78, 5) is 39.6. The molecule has 1 unspecified atom stereocenters. The maximum absolute atomic E-state index is 13.7. The summed E-state index contributed by atoms with van der Waals surface area (Å²) in [6, 6.07) is 15.6. The number of amides is 1. The van der Waals surface area contributed by atoms with E-state index in [0.29, 0.717) is 34.6 Å². The molecule has 0 saturated carbocycles. The quantitative estimate of drug-likeness (QED) is 0.283. The Hall–Kier alpha value is -4.46. The summed E-state index contributed by atoms with van der Waals surface area (Å²) in [6.45, 7) is 6.20. The molecule has 0 saturated heterocycles. The molecule has 0 spiro atoms. The van der Waals surface area contributed by atoms with Gasteiger partial charge < -0.3 is 9.15 Å². The van der Waals surface area contributed by atoms with E-state index in [2.05, 4.69) is 0 Å². The molecule has 5 rings (SSSR count). The van der Waals surface area contributed by atoms with E-state index in [-0.39, 0.29) is 22.4 Å². The minimum atomic E-state index is -0.807. The lowest BCUT2D eigenvalue weighted by atomic mass is 9.97. The number of hydrogen-bond donors (Lipinski definition) is 0. The van der Waals surface area contributed by atoms with Gasteiger partial charge in [0.25, 0.3) is 11.6 Å². The van der Waals surface area contributed by atoms with Gasteiger partial charge in [-0.25, -0.2) is 0 Å². The van der Waals surface area contributed by atoms with Crippen LogP contribution in [0.2, 0.25) is 0 Å². The Balaban J connectivity index is 1.74. The Labute approximate surface area is 200 Å². The van der Waals surface area contributed by atoms with Crippen molar-refractivity contribution in [2.45, 2.75) is 26.8 Å². The number of fused-ring (bicyclic) bond motifs is 2. The Kier molecular flexibility index (Phi) is 5.36. The van der Waals surface area contributed by atoms with Crippen molar-refractivity contribution in [3.63, 3.8) is 0 Å². The average Bonchev–Trinajstić information content (AvgIpc) is 3.14. The number of nitro benzene ring substituents is 1. The number of non-ortho nitro benzene ring substituents is 1. The molecule has 1 aliphatic heterocycles. The summed E-state index contributed by atoms with van der Waals surface area (Å²) < 4.78 is 11.6. The fraction of sp³-hybridized carbons (Fsp3) is 0.185. The summed E-state index contributed by atoms with van der Waals surface area (Å²) in [5, 5.41) is 11.6. The van der Waals surface area contributed by atoms with Gasteiger partial charge in [-0.3, -0.25) is 24.6 Å². The van der Waals surface area contributed by atoms with Crippen LogP contribution in [0.25, 0.3) is 11.0 Å². The fourth-order valence-electron chi connectivity index (χ4n) is 4.46. The normalized spacial score (nSPS) is 14.9. The van der Waals surface area contributed by atoms with Gasteiger partial charge in [-0.15, -0.1) is 0 Å². The molecule has 0 N–H and O–H groups in total. The molecular formula is C27H22N2O6. The van der Waals surface area contributed by atoms with Crippen LogP contribution in [-0.4, -0.2) is 17.4 Å². The maximum atomic E-state index is 13.7. The highest BCUT2D eigenvalue weighted by Crippen LogP contribution is 2.42.